The molecular formula is C27H30ClN3O4S. The summed E-state index contributed by atoms with van der Waals surface area (Å²) < 4.78 is 28.3. The van der Waals surface area contributed by atoms with Crippen LogP contribution >= 0.6 is 11.6 Å². The van der Waals surface area contributed by atoms with Gasteiger partial charge in [0.1, 0.15) is 12.6 Å². The number of nitrogens with one attached hydrogen (secondary N) is 1. The summed E-state index contributed by atoms with van der Waals surface area (Å²) in [4.78, 5) is 28.0. The first-order valence-corrected chi connectivity index (χ1v) is 13.5. The van der Waals surface area contributed by atoms with Gasteiger partial charge in [0, 0.05) is 13.1 Å². The molecular weight excluding hydrogens is 498 g/mol. The summed E-state index contributed by atoms with van der Waals surface area (Å²) in [6.45, 7) is 3.66. The number of carbonyl (C=O) groups excluding carboxylic acids is 2. The van der Waals surface area contributed by atoms with E-state index in [9.17, 15) is 18.0 Å². The number of hydrogen-bond donors (Lipinski definition) is 1. The Kier molecular flexibility index (Phi) is 9.50. The molecule has 3 rings (SSSR count). The van der Waals surface area contributed by atoms with E-state index in [1.54, 1.807) is 49.4 Å². The lowest BCUT2D eigenvalue weighted by molar-refractivity contribution is -0.139. The topological polar surface area (TPSA) is 86.8 Å². The van der Waals surface area contributed by atoms with Crippen molar-refractivity contribution in [2.75, 3.05) is 17.4 Å². The lowest BCUT2D eigenvalue weighted by atomic mass is 10.1. The van der Waals surface area contributed by atoms with Gasteiger partial charge in [0.15, 0.2) is 0 Å². The van der Waals surface area contributed by atoms with Crippen LogP contribution in [0.4, 0.5) is 5.69 Å². The van der Waals surface area contributed by atoms with Crippen LogP contribution in [0.1, 0.15) is 25.8 Å². The highest BCUT2D eigenvalue weighted by Crippen LogP contribution is 2.30. The normalized spacial score (nSPS) is 12.0. The van der Waals surface area contributed by atoms with Gasteiger partial charge in [-0.15, -0.1) is 0 Å². The molecule has 0 aliphatic heterocycles. The van der Waals surface area contributed by atoms with Gasteiger partial charge in [-0.25, -0.2) is 8.42 Å². The monoisotopic (exact) mass is 527 g/mol. The van der Waals surface area contributed by atoms with E-state index < -0.39 is 28.5 Å². The van der Waals surface area contributed by atoms with Crippen LogP contribution in [-0.2, 0) is 26.2 Å². The summed E-state index contributed by atoms with van der Waals surface area (Å²) in [5, 5.41) is 3.01. The fourth-order valence-electron chi connectivity index (χ4n) is 3.65. The maximum Gasteiger partial charge on any atom is 0.264 e. The summed E-state index contributed by atoms with van der Waals surface area (Å²) in [6.07, 6.45) is 0.751. The van der Waals surface area contributed by atoms with Crippen LogP contribution in [0.25, 0.3) is 0 Å². The Balaban J connectivity index is 2.00. The quantitative estimate of drug-likeness (QED) is 0.398. The van der Waals surface area contributed by atoms with Crippen molar-refractivity contribution in [3.05, 3.63) is 95.5 Å². The molecule has 3 aromatic carbocycles. The minimum absolute atomic E-state index is 0.0288. The Labute approximate surface area is 217 Å². The zero-order chi connectivity index (χ0) is 26.1. The van der Waals surface area contributed by atoms with E-state index in [4.69, 9.17) is 11.6 Å². The number of rotatable bonds is 11. The molecule has 0 bridgehead atoms. The molecule has 0 aromatic heterocycles. The van der Waals surface area contributed by atoms with E-state index in [0.717, 1.165) is 16.3 Å². The highest BCUT2D eigenvalue weighted by molar-refractivity contribution is 7.92. The van der Waals surface area contributed by atoms with Crippen molar-refractivity contribution in [2.24, 2.45) is 0 Å². The van der Waals surface area contributed by atoms with E-state index >= 15 is 0 Å². The summed E-state index contributed by atoms with van der Waals surface area (Å²) in [6, 6.07) is 22.7. The van der Waals surface area contributed by atoms with Gasteiger partial charge >= 0.3 is 0 Å². The van der Waals surface area contributed by atoms with Gasteiger partial charge in [-0.2, -0.15) is 0 Å². The number of amides is 2. The smallest absolute Gasteiger partial charge is 0.264 e. The van der Waals surface area contributed by atoms with Crippen LogP contribution in [0, 0.1) is 0 Å². The van der Waals surface area contributed by atoms with Crippen molar-refractivity contribution >= 4 is 39.1 Å². The van der Waals surface area contributed by atoms with Crippen LogP contribution in [-0.4, -0.2) is 44.3 Å². The fourth-order valence-corrected chi connectivity index (χ4v) is 5.39. The Hall–Kier alpha value is -3.36. The predicted molar refractivity (Wildman–Crippen MR) is 142 cm³/mol. The molecule has 1 N–H and O–H groups in total. The molecule has 0 aliphatic rings. The number of para-hydroxylation sites is 1. The van der Waals surface area contributed by atoms with Gasteiger partial charge in [0.2, 0.25) is 11.8 Å². The number of carbonyl (C=O) groups is 2. The van der Waals surface area contributed by atoms with Gasteiger partial charge < -0.3 is 10.2 Å². The van der Waals surface area contributed by atoms with Gasteiger partial charge in [-0.05, 0) is 43.2 Å². The van der Waals surface area contributed by atoms with Crippen molar-refractivity contribution in [2.45, 2.75) is 37.8 Å². The van der Waals surface area contributed by atoms with Crippen LogP contribution in [0.5, 0.6) is 0 Å². The first kappa shape index (κ1) is 27.2. The third-order valence-corrected chi connectivity index (χ3v) is 7.74. The van der Waals surface area contributed by atoms with Gasteiger partial charge in [-0.3, -0.25) is 13.9 Å². The van der Waals surface area contributed by atoms with Gasteiger partial charge in [0.25, 0.3) is 10.0 Å². The lowest BCUT2D eigenvalue weighted by Crippen LogP contribution is -2.51. The van der Waals surface area contributed by atoms with Crippen LogP contribution in [0.2, 0.25) is 5.02 Å². The van der Waals surface area contributed by atoms with E-state index in [1.165, 1.54) is 17.0 Å². The Morgan fingerprint density at radius 2 is 1.50 bits per heavy atom. The largest absolute Gasteiger partial charge is 0.354 e. The van der Waals surface area contributed by atoms with Crippen LogP contribution in [0.15, 0.2) is 89.8 Å². The number of halogens is 1. The van der Waals surface area contributed by atoms with Crippen LogP contribution < -0.4 is 9.62 Å². The zero-order valence-corrected chi connectivity index (χ0v) is 21.9. The number of sulfonamides is 1. The number of anilines is 1. The first-order chi connectivity index (χ1) is 17.3. The molecule has 0 spiro atoms. The minimum Gasteiger partial charge on any atom is -0.354 e. The molecule has 2 amide bonds. The van der Waals surface area contributed by atoms with E-state index in [2.05, 4.69) is 5.32 Å². The molecule has 7 nitrogen and oxygen atoms in total. The van der Waals surface area contributed by atoms with E-state index in [0.29, 0.717) is 6.54 Å². The molecule has 0 saturated heterocycles. The van der Waals surface area contributed by atoms with E-state index in [-0.39, 0.29) is 28.1 Å². The molecule has 3 aromatic rings. The molecule has 9 heteroatoms. The Bertz CT molecular complexity index is 1270. The number of nitrogens with zero attached hydrogens (tertiary/aromatic N) is 2. The third kappa shape index (κ3) is 6.65. The van der Waals surface area contributed by atoms with Crippen molar-refractivity contribution in [1.82, 2.24) is 10.2 Å². The fraction of sp³-hybridized carbons (Fsp3) is 0.259. The highest BCUT2D eigenvalue weighted by atomic mass is 35.5. The number of hydrogen-bond acceptors (Lipinski definition) is 4. The summed E-state index contributed by atoms with van der Waals surface area (Å²) in [7, 11) is -4.14. The van der Waals surface area contributed by atoms with Crippen molar-refractivity contribution in [3.63, 3.8) is 0 Å². The SMILES string of the molecule is CCCNC(=O)[C@H](C)N(Cc1ccccc1)C(=O)CN(c1ccccc1Cl)S(=O)(=O)c1ccccc1. The summed E-state index contributed by atoms with van der Waals surface area (Å²) in [5.41, 5.74) is 0.996. The van der Waals surface area contributed by atoms with Gasteiger partial charge in [-0.1, -0.05) is 79.2 Å². The molecule has 0 heterocycles. The summed E-state index contributed by atoms with van der Waals surface area (Å²) in [5.74, 6) is -0.839. The zero-order valence-electron chi connectivity index (χ0n) is 20.3. The summed E-state index contributed by atoms with van der Waals surface area (Å²) >= 11 is 6.38. The lowest BCUT2D eigenvalue weighted by Gasteiger charge is -2.32. The first-order valence-electron chi connectivity index (χ1n) is 11.7. The van der Waals surface area contributed by atoms with Crippen LogP contribution in [0.3, 0.4) is 0 Å². The predicted octanol–water partition coefficient (Wildman–Crippen LogP) is 4.48. The molecule has 0 fully saturated rings. The molecule has 0 saturated carbocycles. The second-order valence-electron chi connectivity index (χ2n) is 8.25. The molecule has 190 valence electrons. The molecule has 0 radical (unpaired) electrons. The molecule has 0 aliphatic carbocycles. The maximum absolute atomic E-state index is 13.7. The molecule has 36 heavy (non-hydrogen) atoms. The Morgan fingerprint density at radius 1 is 0.917 bits per heavy atom. The van der Waals surface area contributed by atoms with Gasteiger partial charge in [0.05, 0.1) is 15.6 Å². The third-order valence-electron chi connectivity index (χ3n) is 5.64. The van der Waals surface area contributed by atoms with Crippen molar-refractivity contribution in [1.29, 1.82) is 0 Å². The molecule has 0 unspecified atom stereocenters. The standard InChI is InChI=1S/C27H30ClN3O4S/c1-3-18-29-27(33)21(2)30(19-22-12-6-4-7-13-22)26(32)20-31(25-17-11-10-16-24(25)28)36(34,35)23-14-8-5-9-15-23/h4-17,21H,3,18-20H2,1-2H3,(H,29,33)/t21-/m0/s1. The molecule has 1 atom stereocenters. The average molecular weight is 528 g/mol. The van der Waals surface area contributed by atoms with Crippen molar-refractivity contribution in [3.8, 4) is 0 Å². The minimum atomic E-state index is -4.14. The van der Waals surface area contributed by atoms with Crippen molar-refractivity contribution < 1.29 is 18.0 Å². The second-order valence-corrected chi connectivity index (χ2v) is 10.5. The van der Waals surface area contributed by atoms with E-state index in [1.807, 2.05) is 37.3 Å². The maximum atomic E-state index is 13.7. The average Bonchev–Trinajstić information content (AvgIpc) is 2.90. The number of benzene rings is 3. The second kappa shape index (κ2) is 12.6. The highest BCUT2D eigenvalue weighted by Gasteiger charge is 2.33. The Morgan fingerprint density at radius 3 is 2.11 bits per heavy atom.